The first kappa shape index (κ1) is 10.6. The van der Waals surface area contributed by atoms with Crippen LogP contribution in [0.15, 0.2) is 45.5 Å². The molecule has 0 radical (unpaired) electrons. The number of halogens is 1. The molecule has 1 aromatic heterocycles. The molecular weight excluding hydrogens is 282 g/mol. The molecule has 86 valence electrons. The quantitative estimate of drug-likeness (QED) is 0.874. The van der Waals surface area contributed by atoms with Crippen LogP contribution in [0.25, 0.3) is 0 Å². The molecule has 1 amide bonds. The van der Waals surface area contributed by atoms with Gasteiger partial charge in [0.1, 0.15) is 5.76 Å². The van der Waals surface area contributed by atoms with E-state index in [1.54, 1.807) is 0 Å². The molecule has 3 nitrogen and oxygen atoms in total. The highest BCUT2D eigenvalue weighted by Crippen LogP contribution is 2.37. The molecule has 1 aliphatic rings. The van der Waals surface area contributed by atoms with Gasteiger partial charge in [-0.15, -0.1) is 0 Å². The van der Waals surface area contributed by atoms with E-state index >= 15 is 0 Å². The molecule has 1 N–H and O–H groups in total. The molecule has 3 rings (SSSR count). The van der Waals surface area contributed by atoms with E-state index in [1.165, 1.54) is 0 Å². The predicted molar refractivity (Wildman–Crippen MR) is 67.9 cm³/mol. The van der Waals surface area contributed by atoms with Crippen molar-refractivity contribution in [3.63, 3.8) is 0 Å². The lowest BCUT2D eigenvalue weighted by atomic mass is 9.89. The maximum absolute atomic E-state index is 11.7. The third-order valence-corrected chi connectivity index (χ3v) is 3.36. The number of hydrogen-bond acceptors (Lipinski definition) is 2. The fourth-order valence-corrected chi connectivity index (χ4v) is 2.50. The molecule has 1 aromatic carbocycles. The largest absolute Gasteiger partial charge is 0.454 e. The summed E-state index contributed by atoms with van der Waals surface area (Å²) in [5.74, 6) is 0.853. The molecule has 1 atom stereocenters. The molecule has 4 heteroatoms. The lowest BCUT2D eigenvalue weighted by molar-refractivity contribution is -0.116. The van der Waals surface area contributed by atoms with Gasteiger partial charge in [0.25, 0.3) is 0 Å². The Morgan fingerprint density at radius 2 is 2.06 bits per heavy atom. The van der Waals surface area contributed by atoms with E-state index in [1.807, 2.05) is 36.4 Å². The number of rotatable bonds is 1. The number of hydrogen-bond donors (Lipinski definition) is 1. The average Bonchev–Trinajstić information content (AvgIpc) is 2.74. The Hall–Kier alpha value is -1.55. The Bertz CT molecular complexity index is 576. The van der Waals surface area contributed by atoms with Gasteiger partial charge in [-0.3, -0.25) is 4.79 Å². The van der Waals surface area contributed by atoms with Crippen molar-refractivity contribution < 1.29 is 9.21 Å². The summed E-state index contributed by atoms with van der Waals surface area (Å²) >= 11 is 3.29. The van der Waals surface area contributed by atoms with Gasteiger partial charge in [0.15, 0.2) is 4.67 Å². The molecule has 0 spiro atoms. The van der Waals surface area contributed by atoms with Crippen molar-refractivity contribution in [2.45, 2.75) is 12.3 Å². The lowest BCUT2D eigenvalue weighted by Gasteiger charge is -2.23. The fourth-order valence-electron chi connectivity index (χ4n) is 2.18. The second-order valence-corrected chi connectivity index (χ2v) is 4.82. The molecule has 17 heavy (non-hydrogen) atoms. The summed E-state index contributed by atoms with van der Waals surface area (Å²) in [6, 6.07) is 11.6. The summed E-state index contributed by atoms with van der Waals surface area (Å²) in [6.07, 6.45) is 0.428. The number of carbonyl (C=O) groups excluding carboxylic acids is 1. The number of carbonyl (C=O) groups is 1. The summed E-state index contributed by atoms with van der Waals surface area (Å²) in [4.78, 5) is 11.7. The van der Waals surface area contributed by atoms with E-state index in [2.05, 4.69) is 21.2 Å². The highest BCUT2D eigenvalue weighted by Gasteiger charge is 2.28. The van der Waals surface area contributed by atoms with Crippen molar-refractivity contribution in [3.8, 4) is 0 Å². The molecule has 0 saturated carbocycles. The van der Waals surface area contributed by atoms with E-state index in [9.17, 15) is 4.79 Å². The summed E-state index contributed by atoms with van der Waals surface area (Å²) < 4.78 is 6.26. The number of para-hydroxylation sites is 1. The summed E-state index contributed by atoms with van der Waals surface area (Å²) in [6.45, 7) is 0. The van der Waals surface area contributed by atoms with Gasteiger partial charge in [0.2, 0.25) is 5.91 Å². The molecule has 0 bridgehead atoms. The minimum absolute atomic E-state index is 0.00579. The van der Waals surface area contributed by atoms with Gasteiger partial charge in [0.05, 0.1) is 5.92 Å². The van der Waals surface area contributed by atoms with E-state index in [-0.39, 0.29) is 11.8 Å². The van der Waals surface area contributed by atoms with Gasteiger partial charge in [-0.25, -0.2) is 0 Å². The average molecular weight is 292 g/mol. The van der Waals surface area contributed by atoms with Crippen LogP contribution in [0.3, 0.4) is 0 Å². The second-order valence-electron chi connectivity index (χ2n) is 4.03. The highest BCUT2D eigenvalue weighted by molar-refractivity contribution is 9.10. The normalized spacial score (nSPS) is 18.6. The van der Waals surface area contributed by atoms with Crippen LogP contribution >= 0.6 is 15.9 Å². The summed E-state index contributed by atoms with van der Waals surface area (Å²) in [5.41, 5.74) is 1.98. The Labute approximate surface area is 107 Å². The van der Waals surface area contributed by atoms with Crippen molar-refractivity contribution in [2.75, 3.05) is 5.32 Å². The van der Waals surface area contributed by atoms with Crippen LogP contribution in [0, 0.1) is 0 Å². The van der Waals surface area contributed by atoms with Crippen molar-refractivity contribution in [1.29, 1.82) is 0 Å². The zero-order chi connectivity index (χ0) is 11.8. The molecule has 1 aliphatic heterocycles. The van der Waals surface area contributed by atoms with Crippen LogP contribution in [0.2, 0.25) is 0 Å². The number of nitrogens with one attached hydrogen (secondary N) is 1. The van der Waals surface area contributed by atoms with Gasteiger partial charge >= 0.3 is 0 Å². The van der Waals surface area contributed by atoms with Crippen LogP contribution in [0.5, 0.6) is 0 Å². The van der Waals surface area contributed by atoms with Crippen molar-refractivity contribution in [3.05, 3.63) is 52.4 Å². The monoisotopic (exact) mass is 291 g/mol. The summed E-state index contributed by atoms with van der Waals surface area (Å²) in [5, 5.41) is 2.87. The first-order valence-corrected chi connectivity index (χ1v) is 6.17. The van der Waals surface area contributed by atoms with E-state index in [0.717, 1.165) is 17.0 Å². The van der Waals surface area contributed by atoms with Crippen LogP contribution in [0.1, 0.15) is 23.7 Å². The molecule has 0 saturated heterocycles. The number of fused-ring (bicyclic) bond motifs is 1. The molecule has 2 aromatic rings. The van der Waals surface area contributed by atoms with Gasteiger partial charge in [-0.1, -0.05) is 18.2 Å². The molecule has 0 aliphatic carbocycles. The fraction of sp³-hybridized carbons (Fsp3) is 0.154. The minimum Gasteiger partial charge on any atom is -0.454 e. The van der Waals surface area contributed by atoms with Gasteiger partial charge in [0, 0.05) is 12.1 Å². The maximum atomic E-state index is 11.7. The number of anilines is 1. The third-order valence-electron chi connectivity index (χ3n) is 2.94. The molecular formula is C13H10BrNO2. The van der Waals surface area contributed by atoms with Crippen LogP contribution in [-0.2, 0) is 4.79 Å². The molecule has 1 unspecified atom stereocenters. The second kappa shape index (κ2) is 4.04. The highest BCUT2D eigenvalue weighted by atomic mass is 79.9. The number of furan rings is 1. The summed E-state index contributed by atoms with van der Waals surface area (Å²) in [7, 11) is 0. The Morgan fingerprint density at radius 3 is 2.82 bits per heavy atom. The maximum Gasteiger partial charge on any atom is 0.225 e. The first-order chi connectivity index (χ1) is 8.24. The zero-order valence-electron chi connectivity index (χ0n) is 8.94. The Morgan fingerprint density at radius 1 is 1.24 bits per heavy atom. The van der Waals surface area contributed by atoms with Crippen LogP contribution < -0.4 is 5.32 Å². The topological polar surface area (TPSA) is 42.2 Å². The molecule has 2 heterocycles. The Balaban J connectivity index is 2.09. The van der Waals surface area contributed by atoms with Crippen LogP contribution in [0.4, 0.5) is 5.69 Å². The number of benzene rings is 1. The van der Waals surface area contributed by atoms with Crippen molar-refractivity contribution >= 4 is 27.5 Å². The van der Waals surface area contributed by atoms with Gasteiger partial charge < -0.3 is 9.73 Å². The van der Waals surface area contributed by atoms with E-state index in [4.69, 9.17) is 4.42 Å². The Kier molecular flexibility index (Phi) is 2.52. The van der Waals surface area contributed by atoms with E-state index in [0.29, 0.717) is 11.1 Å². The van der Waals surface area contributed by atoms with Crippen LogP contribution in [-0.4, -0.2) is 5.91 Å². The third kappa shape index (κ3) is 1.89. The standard InChI is InChI=1S/C13H10BrNO2/c14-12-6-5-11(17-12)9-7-13(16)15-10-4-2-1-3-8(9)10/h1-6,9H,7H2,(H,15,16). The van der Waals surface area contributed by atoms with Gasteiger partial charge in [-0.05, 0) is 39.7 Å². The SMILES string of the molecule is O=C1CC(c2ccc(Br)o2)c2ccccc2N1. The first-order valence-electron chi connectivity index (χ1n) is 5.38. The smallest absolute Gasteiger partial charge is 0.225 e. The minimum atomic E-state index is 0.00579. The van der Waals surface area contributed by atoms with E-state index < -0.39 is 0 Å². The molecule has 0 fully saturated rings. The predicted octanol–water partition coefficient (Wildman–Crippen LogP) is 3.52. The van der Waals surface area contributed by atoms with Crippen molar-refractivity contribution in [1.82, 2.24) is 0 Å². The lowest BCUT2D eigenvalue weighted by Crippen LogP contribution is -2.23. The van der Waals surface area contributed by atoms with Crippen molar-refractivity contribution in [2.24, 2.45) is 0 Å². The zero-order valence-corrected chi connectivity index (χ0v) is 10.5. The van der Waals surface area contributed by atoms with Gasteiger partial charge in [-0.2, -0.15) is 0 Å². The number of amides is 1.